The van der Waals surface area contributed by atoms with Crippen LogP contribution in [0.25, 0.3) is 11.3 Å². The topological polar surface area (TPSA) is 40.7 Å². The fraction of sp³-hybridized carbons (Fsp3) is 0.357. The Labute approximate surface area is 105 Å². The predicted molar refractivity (Wildman–Crippen MR) is 68.7 cm³/mol. The van der Waals surface area contributed by atoms with Crippen molar-refractivity contribution < 1.29 is 4.39 Å². The molecule has 0 aliphatic heterocycles. The molecule has 1 heterocycles. The number of halogens is 1. The highest BCUT2D eigenvalue weighted by Gasteiger charge is 2.19. The number of aromatic nitrogens is 2. The van der Waals surface area contributed by atoms with Crippen molar-refractivity contribution >= 4 is 0 Å². The van der Waals surface area contributed by atoms with Gasteiger partial charge in [0.2, 0.25) is 0 Å². The minimum absolute atomic E-state index is 0.216. The molecule has 18 heavy (non-hydrogen) atoms. The van der Waals surface area contributed by atoms with Crippen LogP contribution in [0.3, 0.4) is 0 Å². The molecule has 1 aliphatic carbocycles. The molecule has 1 fully saturated rings. The van der Waals surface area contributed by atoms with Crippen LogP contribution in [0.4, 0.5) is 4.39 Å². The minimum Gasteiger partial charge on any atom is -0.342 e. The van der Waals surface area contributed by atoms with Crippen LogP contribution >= 0.6 is 0 Å². The van der Waals surface area contributed by atoms with Gasteiger partial charge >= 0.3 is 0 Å². The number of hydrogen-bond acceptors (Lipinski definition) is 2. The van der Waals surface area contributed by atoms with Gasteiger partial charge in [0.05, 0.1) is 11.9 Å². The molecule has 0 unspecified atom stereocenters. The number of aromatic amines is 1. The van der Waals surface area contributed by atoms with Crippen LogP contribution in [-0.4, -0.2) is 22.6 Å². The summed E-state index contributed by atoms with van der Waals surface area (Å²) in [6.45, 7) is 0.959. The molecule has 3 rings (SSSR count). The third kappa shape index (κ3) is 2.76. The maximum atomic E-state index is 12.8. The lowest BCUT2D eigenvalue weighted by Crippen LogP contribution is -2.19. The lowest BCUT2D eigenvalue weighted by atomic mass is 10.2. The van der Waals surface area contributed by atoms with E-state index < -0.39 is 0 Å². The Balaban J connectivity index is 1.62. The van der Waals surface area contributed by atoms with E-state index >= 15 is 0 Å². The first-order valence-corrected chi connectivity index (χ1v) is 6.34. The summed E-state index contributed by atoms with van der Waals surface area (Å²) in [7, 11) is 0. The highest BCUT2D eigenvalue weighted by molar-refractivity contribution is 5.58. The number of rotatable bonds is 5. The zero-order chi connectivity index (χ0) is 12.4. The van der Waals surface area contributed by atoms with E-state index in [9.17, 15) is 4.39 Å². The standard InChI is InChI=1S/C14H16FN3/c15-11-3-1-10(2-4-11)13-9-17-14(18-13)7-8-16-12-5-6-12/h1-4,9,12,16H,5-8H2,(H,17,18). The summed E-state index contributed by atoms with van der Waals surface area (Å²) < 4.78 is 12.8. The van der Waals surface area contributed by atoms with Gasteiger partial charge < -0.3 is 10.3 Å². The van der Waals surface area contributed by atoms with Crippen molar-refractivity contribution in [1.82, 2.24) is 15.3 Å². The molecule has 2 aromatic rings. The molecular weight excluding hydrogens is 229 g/mol. The van der Waals surface area contributed by atoms with E-state index in [1.807, 2.05) is 0 Å². The molecule has 1 aliphatic rings. The second-order valence-electron chi connectivity index (χ2n) is 4.73. The van der Waals surface area contributed by atoms with Crippen molar-refractivity contribution in [2.45, 2.75) is 25.3 Å². The van der Waals surface area contributed by atoms with Gasteiger partial charge in [0, 0.05) is 19.0 Å². The third-order valence-electron chi connectivity index (χ3n) is 3.16. The van der Waals surface area contributed by atoms with E-state index in [1.165, 1.54) is 25.0 Å². The van der Waals surface area contributed by atoms with Crippen LogP contribution in [0, 0.1) is 5.82 Å². The Bertz CT molecular complexity index is 514. The van der Waals surface area contributed by atoms with Crippen molar-refractivity contribution in [3.63, 3.8) is 0 Å². The van der Waals surface area contributed by atoms with Crippen molar-refractivity contribution in [2.75, 3.05) is 6.54 Å². The van der Waals surface area contributed by atoms with Gasteiger partial charge in [-0.3, -0.25) is 0 Å². The number of benzene rings is 1. The van der Waals surface area contributed by atoms with Crippen LogP contribution < -0.4 is 5.32 Å². The van der Waals surface area contributed by atoms with E-state index in [-0.39, 0.29) is 5.82 Å². The maximum Gasteiger partial charge on any atom is 0.123 e. The molecular formula is C14H16FN3. The lowest BCUT2D eigenvalue weighted by molar-refractivity contribution is 0.628. The first-order valence-electron chi connectivity index (χ1n) is 6.34. The molecule has 94 valence electrons. The lowest BCUT2D eigenvalue weighted by Gasteiger charge is -2.00. The average Bonchev–Trinajstić information content (AvgIpc) is 3.08. The smallest absolute Gasteiger partial charge is 0.123 e. The molecule has 1 saturated carbocycles. The van der Waals surface area contributed by atoms with Crippen molar-refractivity contribution in [3.8, 4) is 11.3 Å². The zero-order valence-electron chi connectivity index (χ0n) is 10.1. The van der Waals surface area contributed by atoms with Crippen LogP contribution in [0.5, 0.6) is 0 Å². The van der Waals surface area contributed by atoms with Gasteiger partial charge in [-0.05, 0) is 42.7 Å². The van der Waals surface area contributed by atoms with Gasteiger partial charge in [-0.1, -0.05) is 0 Å². The molecule has 0 spiro atoms. The summed E-state index contributed by atoms with van der Waals surface area (Å²) in [4.78, 5) is 7.61. The van der Waals surface area contributed by atoms with Crippen molar-refractivity contribution in [2.24, 2.45) is 0 Å². The van der Waals surface area contributed by atoms with Gasteiger partial charge in [-0.2, -0.15) is 0 Å². The van der Waals surface area contributed by atoms with Crippen molar-refractivity contribution in [1.29, 1.82) is 0 Å². The number of hydrogen-bond donors (Lipinski definition) is 2. The number of nitrogens with one attached hydrogen (secondary N) is 2. The van der Waals surface area contributed by atoms with E-state index in [0.717, 1.165) is 36.1 Å². The molecule has 0 amide bonds. The Hall–Kier alpha value is -1.68. The summed E-state index contributed by atoms with van der Waals surface area (Å²) in [5, 5.41) is 3.45. The second-order valence-corrected chi connectivity index (χ2v) is 4.73. The zero-order valence-corrected chi connectivity index (χ0v) is 10.1. The summed E-state index contributed by atoms with van der Waals surface area (Å²) >= 11 is 0. The Morgan fingerprint density at radius 1 is 1.28 bits per heavy atom. The quantitative estimate of drug-likeness (QED) is 0.849. The van der Waals surface area contributed by atoms with Gasteiger partial charge in [0.15, 0.2) is 0 Å². The summed E-state index contributed by atoms with van der Waals surface area (Å²) in [6, 6.07) is 7.18. The molecule has 4 heteroatoms. The highest BCUT2D eigenvalue weighted by atomic mass is 19.1. The minimum atomic E-state index is -0.216. The monoisotopic (exact) mass is 245 g/mol. The second kappa shape index (κ2) is 4.90. The highest BCUT2D eigenvalue weighted by Crippen LogP contribution is 2.19. The van der Waals surface area contributed by atoms with Gasteiger partial charge in [-0.25, -0.2) is 9.37 Å². The normalized spacial score (nSPS) is 14.9. The van der Waals surface area contributed by atoms with Crippen LogP contribution in [0.1, 0.15) is 18.7 Å². The molecule has 2 N–H and O–H groups in total. The van der Waals surface area contributed by atoms with E-state index in [1.54, 1.807) is 18.3 Å². The van der Waals surface area contributed by atoms with Gasteiger partial charge in [-0.15, -0.1) is 0 Å². The molecule has 0 saturated heterocycles. The van der Waals surface area contributed by atoms with E-state index in [4.69, 9.17) is 0 Å². The molecule has 1 aromatic carbocycles. The van der Waals surface area contributed by atoms with Crippen LogP contribution in [0.15, 0.2) is 30.5 Å². The average molecular weight is 245 g/mol. The molecule has 3 nitrogen and oxygen atoms in total. The summed E-state index contributed by atoms with van der Waals surface area (Å²) in [6.07, 6.45) is 5.31. The Morgan fingerprint density at radius 3 is 2.78 bits per heavy atom. The largest absolute Gasteiger partial charge is 0.342 e. The van der Waals surface area contributed by atoms with E-state index in [0.29, 0.717) is 0 Å². The Kier molecular flexibility index (Phi) is 3.11. The number of nitrogens with zero attached hydrogens (tertiary/aromatic N) is 1. The first-order chi connectivity index (χ1) is 8.81. The summed E-state index contributed by atoms with van der Waals surface area (Å²) in [5.41, 5.74) is 1.90. The van der Waals surface area contributed by atoms with E-state index in [2.05, 4.69) is 15.3 Å². The van der Waals surface area contributed by atoms with Crippen molar-refractivity contribution in [3.05, 3.63) is 42.1 Å². The number of H-pyrrole nitrogens is 1. The predicted octanol–water partition coefficient (Wildman–Crippen LogP) is 2.51. The molecule has 0 bridgehead atoms. The maximum absolute atomic E-state index is 12.8. The summed E-state index contributed by atoms with van der Waals surface area (Å²) in [5.74, 6) is 0.759. The van der Waals surface area contributed by atoms with Crippen LogP contribution in [-0.2, 0) is 6.42 Å². The van der Waals surface area contributed by atoms with Crippen LogP contribution in [0.2, 0.25) is 0 Å². The van der Waals surface area contributed by atoms with Gasteiger partial charge in [0.1, 0.15) is 11.6 Å². The fourth-order valence-corrected chi connectivity index (χ4v) is 1.95. The SMILES string of the molecule is Fc1ccc(-c2cnc(CCNC3CC3)[nH]2)cc1. The third-order valence-corrected chi connectivity index (χ3v) is 3.16. The molecule has 1 aromatic heterocycles. The first kappa shape index (κ1) is 11.4. The molecule has 0 radical (unpaired) electrons. The Morgan fingerprint density at radius 2 is 2.06 bits per heavy atom. The number of imidazole rings is 1. The fourth-order valence-electron chi connectivity index (χ4n) is 1.95. The van der Waals surface area contributed by atoms with Gasteiger partial charge in [0.25, 0.3) is 0 Å². The molecule has 0 atom stereocenters.